The highest BCUT2D eigenvalue weighted by atomic mass is 16.5. The number of methoxy groups -OCH3 is 1. The lowest BCUT2D eigenvalue weighted by Gasteiger charge is -2.20. The second kappa shape index (κ2) is 10.0. The number of rotatable bonds is 8. The maximum Gasteiger partial charge on any atom is 0.350 e. The number of carbonyl (C=O) groups is 1. The molecule has 0 saturated carbocycles. The molecule has 13 heteroatoms. The molecule has 3 heterocycles. The zero-order valence-electron chi connectivity index (χ0n) is 19.6. The first-order chi connectivity index (χ1) is 17.2. The number of nitrogens with one attached hydrogen (secondary N) is 3. The summed E-state index contributed by atoms with van der Waals surface area (Å²) >= 11 is 0. The average Bonchev–Trinajstić information content (AvgIpc) is 3.23. The lowest BCUT2D eigenvalue weighted by atomic mass is 10.1. The van der Waals surface area contributed by atoms with Crippen molar-refractivity contribution in [3.63, 3.8) is 0 Å². The number of amidine groups is 1. The minimum Gasteiger partial charge on any atom is -0.481 e. The van der Waals surface area contributed by atoms with Crippen molar-refractivity contribution in [3.8, 4) is 17.6 Å². The molecule has 36 heavy (non-hydrogen) atoms. The molecule has 0 aliphatic carbocycles. The molecule has 5 N–H and O–H groups in total. The first-order valence-corrected chi connectivity index (χ1v) is 10.7. The summed E-state index contributed by atoms with van der Waals surface area (Å²) in [5, 5.41) is 15.5. The van der Waals surface area contributed by atoms with Gasteiger partial charge in [-0.05, 0) is 36.8 Å². The minimum atomic E-state index is -0.702. The molecule has 0 saturated heterocycles. The molecule has 1 aromatic carbocycles. The zero-order chi connectivity index (χ0) is 25.8. The van der Waals surface area contributed by atoms with Crippen molar-refractivity contribution in [1.82, 2.24) is 29.7 Å². The van der Waals surface area contributed by atoms with Crippen LogP contribution in [0.25, 0.3) is 5.95 Å². The van der Waals surface area contributed by atoms with Gasteiger partial charge in [0, 0.05) is 42.8 Å². The zero-order valence-corrected chi connectivity index (χ0v) is 19.6. The Morgan fingerprint density at radius 2 is 1.97 bits per heavy atom. The van der Waals surface area contributed by atoms with Crippen LogP contribution in [0.5, 0.6) is 11.6 Å². The van der Waals surface area contributed by atoms with Gasteiger partial charge in [0.05, 0.1) is 12.7 Å². The molecule has 3 aromatic heterocycles. The number of anilines is 1. The van der Waals surface area contributed by atoms with Crippen LogP contribution in [-0.2, 0) is 4.79 Å². The largest absolute Gasteiger partial charge is 0.481 e. The number of aromatic amines is 1. The maximum atomic E-state index is 12.7. The molecular weight excluding hydrogens is 466 g/mol. The second-order valence-corrected chi connectivity index (χ2v) is 7.66. The summed E-state index contributed by atoms with van der Waals surface area (Å²) in [5.74, 6) is 0.0258. The molecule has 0 bridgehead atoms. The average molecular weight is 489 g/mol. The van der Waals surface area contributed by atoms with Crippen LogP contribution in [0.15, 0.2) is 53.6 Å². The molecule has 0 aliphatic rings. The Morgan fingerprint density at radius 3 is 2.64 bits per heavy atom. The first-order valence-electron chi connectivity index (χ1n) is 10.7. The van der Waals surface area contributed by atoms with Gasteiger partial charge in [-0.25, -0.2) is 19.7 Å². The Labute approximate surface area is 204 Å². The highest BCUT2D eigenvalue weighted by Gasteiger charge is 2.23. The number of carbonyl (C=O) groups excluding carboxylic acids is 1. The summed E-state index contributed by atoms with van der Waals surface area (Å²) in [6.07, 6.45) is 3.01. The number of aromatic nitrogens is 6. The first kappa shape index (κ1) is 24.1. The summed E-state index contributed by atoms with van der Waals surface area (Å²) in [7, 11) is 1.50. The van der Waals surface area contributed by atoms with E-state index in [9.17, 15) is 9.59 Å². The van der Waals surface area contributed by atoms with Gasteiger partial charge in [0.15, 0.2) is 5.82 Å². The van der Waals surface area contributed by atoms with Crippen molar-refractivity contribution in [2.24, 2.45) is 5.73 Å². The highest BCUT2D eigenvalue weighted by molar-refractivity contribution is 5.98. The smallest absolute Gasteiger partial charge is 0.350 e. The number of esters is 1. The number of ether oxygens (including phenoxy) is 2. The monoisotopic (exact) mass is 489 g/mol. The van der Waals surface area contributed by atoms with E-state index in [1.807, 2.05) is 13.0 Å². The second-order valence-electron chi connectivity index (χ2n) is 7.66. The summed E-state index contributed by atoms with van der Waals surface area (Å²) in [6, 6.07) is 9.20. The summed E-state index contributed by atoms with van der Waals surface area (Å²) in [6.45, 7) is 3.06. The van der Waals surface area contributed by atoms with E-state index in [-0.39, 0.29) is 28.9 Å². The highest BCUT2D eigenvalue weighted by Crippen LogP contribution is 2.30. The summed E-state index contributed by atoms with van der Waals surface area (Å²) < 4.78 is 11.6. The number of hydrogen-bond donors (Lipinski definition) is 4. The van der Waals surface area contributed by atoms with E-state index in [0.717, 1.165) is 4.68 Å². The molecule has 0 radical (unpaired) electrons. The van der Waals surface area contributed by atoms with Gasteiger partial charge in [-0.2, -0.15) is 0 Å². The van der Waals surface area contributed by atoms with Crippen LogP contribution >= 0.6 is 0 Å². The van der Waals surface area contributed by atoms with E-state index >= 15 is 0 Å². The Kier molecular flexibility index (Phi) is 6.72. The molecule has 0 fully saturated rings. The van der Waals surface area contributed by atoms with Gasteiger partial charge in [-0.3, -0.25) is 15.2 Å². The Balaban J connectivity index is 1.82. The van der Waals surface area contributed by atoms with Crippen molar-refractivity contribution in [2.45, 2.75) is 19.9 Å². The number of H-pyrrole nitrogens is 1. The molecule has 13 nitrogen and oxygen atoms in total. The normalized spacial score (nSPS) is 11.5. The lowest BCUT2D eigenvalue weighted by molar-refractivity contribution is -0.131. The molecule has 4 aromatic rings. The predicted molar refractivity (Wildman–Crippen MR) is 130 cm³/mol. The van der Waals surface area contributed by atoms with Crippen molar-refractivity contribution >= 4 is 17.5 Å². The standard InChI is InChI=1S/C23H23N9O4/c1-12-9-14(10-18(28-12)35-3)19(21-30-23(34)32(31-21)22-26-7-4-8-27-22)29-15-5-6-16(20(24)25)17(11-15)36-13(2)33/h4-11,19,29H,1-3H3,(H3,24,25)(H,30,31,34)/t19-/m0/s1. The third-order valence-corrected chi connectivity index (χ3v) is 4.98. The van der Waals surface area contributed by atoms with Gasteiger partial charge in [-0.15, -0.1) is 9.78 Å². The van der Waals surface area contributed by atoms with Crippen LogP contribution in [0.1, 0.15) is 35.6 Å². The van der Waals surface area contributed by atoms with Crippen molar-refractivity contribution in [1.29, 1.82) is 5.41 Å². The number of nitrogens with zero attached hydrogens (tertiary/aromatic N) is 5. The topological polar surface area (TPSA) is 187 Å². The number of aryl methyl sites for hydroxylation is 1. The molecule has 0 amide bonds. The maximum absolute atomic E-state index is 12.7. The van der Waals surface area contributed by atoms with E-state index in [0.29, 0.717) is 22.8 Å². The van der Waals surface area contributed by atoms with Crippen LogP contribution in [0.2, 0.25) is 0 Å². The van der Waals surface area contributed by atoms with E-state index in [4.69, 9.17) is 20.6 Å². The summed E-state index contributed by atoms with van der Waals surface area (Å²) in [4.78, 5) is 39.6. The van der Waals surface area contributed by atoms with E-state index < -0.39 is 17.7 Å². The Bertz CT molecular complexity index is 1480. The van der Waals surface area contributed by atoms with Gasteiger partial charge >= 0.3 is 11.7 Å². The molecule has 0 spiro atoms. The van der Waals surface area contributed by atoms with Gasteiger partial charge in [0.1, 0.15) is 17.6 Å². The number of nitrogen functional groups attached to an aromatic ring is 1. The third-order valence-electron chi connectivity index (χ3n) is 4.98. The van der Waals surface area contributed by atoms with Crippen LogP contribution in [-0.4, -0.2) is 48.6 Å². The van der Waals surface area contributed by atoms with E-state index in [2.05, 4.69) is 30.4 Å². The number of benzene rings is 1. The van der Waals surface area contributed by atoms with E-state index in [1.165, 1.54) is 32.5 Å². The van der Waals surface area contributed by atoms with Crippen LogP contribution in [0, 0.1) is 12.3 Å². The van der Waals surface area contributed by atoms with Gasteiger partial charge in [0.25, 0.3) is 5.95 Å². The fraction of sp³-hybridized carbons (Fsp3) is 0.174. The van der Waals surface area contributed by atoms with Crippen LogP contribution in [0.3, 0.4) is 0 Å². The third kappa shape index (κ3) is 5.19. The van der Waals surface area contributed by atoms with Gasteiger partial charge in [0.2, 0.25) is 5.88 Å². The Morgan fingerprint density at radius 1 is 1.22 bits per heavy atom. The molecule has 4 rings (SSSR count). The number of nitrogens with two attached hydrogens (primary N) is 1. The molecule has 0 unspecified atom stereocenters. The number of pyridine rings is 1. The minimum absolute atomic E-state index is 0.107. The predicted octanol–water partition coefficient (Wildman–Crippen LogP) is 1.47. The van der Waals surface area contributed by atoms with Crippen LogP contribution < -0.4 is 26.2 Å². The molecule has 184 valence electrons. The van der Waals surface area contributed by atoms with Crippen molar-refractivity contribution < 1.29 is 14.3 Å². The quantitative estimate of drug-likeness (QED) is 0.122. The number of hydrogen-bond acceptors (Lipinski definition) is 10. The lowest BCUT2D eigenvalue weighted by Crippen LogP contribution is -2.18. The van der Waals surface area contributed by atoms with Gasteiger partial charge < -0.3 is 20.5 Å². The van der Waals surface area contributed by atoms with E-state index in [1.54, 1.807) is 24.3 Å². The fourth-order valence-corrected chi connectivity index (χ4v) is 3.49. The molecule has 1 atom stereocenters. The fourth-order valence-electron chi connectivity index (χ4n) is 3.49. The SMILES string of the molecule is COc1cc([C@H](Nc2ccc(C(=N)N)c(OC(C)=O)c2)c2nn(-c3ncccn3)c(=O)[nH]2)cc(C)n1. The molecule has 0 aliphatic heterocycles. The van der Waals surface area contributed by atoms with Crippen molar-refractivity contribution in [2.75, 3.05) is 12.4 Å². The molecular formula is C23H23N9O4. The summed E-state index contributed by atoms with van der Waals surface area (Å²) in [5.41, 5.74) is 7.21. The van der Waals surface area contributed by atoms with Crippen LogP contribution in [0.4, 0.5) is 5.69 Å². The Hall–Kier alpha value is -5.07. The van der Waals surface area contributed by atoms with Gasteiger partial charge in [-0.1, -0.05) is 0 Å². The van der Waals surface area contributed by atoms with Crippen molar-refractivity contribution in [3.05, 3.63) is 81.9 Å².